The molecule has 1 N–H and O–H groups in total. The molecule has 0 bridgehead atoms. The molecular formula is C16H20O4. The predicted molar refractivity (Wildman–Crippen MR) is 76.3 cm³/mol. The van der Waals surface area contributed by atoms with Crippen LogP contribution < -0.4 is 9.47 Å². The quantitative estimate of drug-likeness (QED) is 0.877. The summed E-state index contributed by atoms with van der Waals surface area (Å²) in [4.78, 5) is 0. The van der Waals surface area contributed by atoms with Crippen LogP contribution in [-0.4, -0.2) is 18.3 Å². The maximum Gasteiger partial charge on any atom is 0.161 e. The van der Waals surface area contributed by atoms with Crippen LogP contribution in [-0.2, 0) is 0 Å². The summed E-state index contributed by atoms with van der Waals surface area (Å²) in [5.41, 5.74) is 1.64. The Bertz CT molecular complexity index is 559. The molecule has 0 fully saturated rings. The van der Waals surface area contributed by atoms with Crippen LogP contribution in [0.3, 0.4) is 0 Å². The number of furan rings is 1. The molecule has 4 nitrogen and oxygen atoms in total. The lowest BCUT2D eigenvalue weighted by atomic mass is 10.0. The summed E-state index contributed by atoms with van der Waals surface area (Å²) in [7, 11) is 0. The number of aliphatic hydroxyl groups is 1. The zero-order chi connectivity index (χ0) is 14.5. The number of hydrogen-bond acceptors (Lipinski definition) is 4. The zero-order valence-corrected chi connectivity index (χ0v) is 12.1. The van der Waals surface area contributed by atoms with Crippen molar-refractivity contribution >= 4 is 0 Å². The maximum absolute atomic E-state index is 10.4. The van der Waals surface area contributed by atoms with E-state index in [1.807, 2.05) is 39.0 Å². The minimum atomic E-state index is -0.806. The fourth-order valence-corrected chi connectivity index (χ4v) is 2.05. The first-order valence-electron chi connectivity index (χ1n) is 6.79. The number of benzene rings is 1. The van der Waals surface area contributed by atoms with Crippen molar-refractivity contribution in [1.82, 2.24) is 0 Å². The molecule has 0 aliphatic rings. The molecule has 20 heavy (non-hydrogen) atoms. The lowest BCUT2D eigenvalue weighted by Crippen LogP contribution is -2.03. The fraction of sp³-hybridized carbons (Fsp3) is 0.375. The highest BCUT2D eigenvalue weighted by Crippen LogP contribution is 2.33. The highest BCUT2D eigenvalue weighted by atomic mass is 16.5. The average Bonchev–Trinajstić information content (AvgIpc) is 2.86. The Hall–Kier alpha value is -1.94. The van der Waals surface area contributed by atoms with Gasteiger partial charge in [0.2, 0.25) is 0 Å². The van der Waals surface area contributed by atoms with Crippen LogP contribution in [0.2, 0.25) is 0 Å². The number of aliphatic hydroxyl groups excluding tert-OH is 1. The van der Waals surface area contributed by atoms with Crippen molar-refractivity contribution in [3.05, 3.63) is 47.4 Å². The topological polar surface area (TPSA) is 51.8 Å². The lowest BCUT2D eigenvalue weighted by Gasteiger charge is -2.15. The molecule has 2 rings (SSSR count). The Labute approximate surface area is 118 Å². The van der Waals surface area contributed by atoms with Gasteiger partial charge >= 0.3 is 0 Å². The van der Waals surface area contributed by atoms with Crippen molar-refractivity contribution in [1.29, 1.82) is 0 Å². The summed E-state index contributed by atoms with van der Waals surface area (Å²) < 4.78 is 16.4. The number of ether oxygens (including phenoxy) is 2. The van der Waals surface area contributed by atoms with Gasteiger partial charge in [0.1, 0.15) is 11.9 Å². The minimum Gasteiger partial charge on any atom is -0.490 e. The predicted octanol–water partition coefficient (Wildman–Crippen LogP) is 3.47. The highest BCUT2D eigenvalue weighted by Gasteiger charge is 2.18. The zero-order valence-electron chi connectivity index (χ0n) is 12.1. The second-order valence-corrected chi connectivity index (χ2v) is 4.44. The summed E-state index contributed by atoms with van der Waals surface area (Å²) in [6.45, 7) is 6.85. The molecular weight excluding hydrogens is 256 g/mol. The van der Waals surface area contributed by atoms with Crippen molar-refractivity contribution in [3.8, 4) is 11.5 Å². The smallest absolute Gasteiger partial charge is 0.161 e. The third kappa shape index (κ3) is 2.96. The van der Waals surface area contributed by atoms with E-state index in [0.29, 0.717) is 30.5 Å². The summed E-state index contributed by atoms with van der Waals surface area (Å²) in [5, 5.41) is 10.4. The van der Waals surface area contributed by atoms with E-state index in [9.17, 15) is 5.11 Å². The summed E-state index contributed by atoms with van der Waals surface area (Å²) in [5.74, 6) is 1.87. The van der Waals surface area contributed by atoms with Gasteiger partial charge in [-0.3, -0.25) is 0 Å². The highest BCUT2D eigenvalue weighted by molar-refractivity contribution is 5.45. The minimum absolute atomic E-state index is 0.541. The van der Waals surface area contributed by atoms with Gasteiger partial charge in [0.15, 0.2) is 11.5 Å². The molecule has 1 atom stereocenters. The van der Waals surface area contributed by atoms with Crippen LogP contribution in [0.5, 0.6) is 11.5 Å². The Morgan fingerprint density at radius 3 is 2.40 bits per heavy atom. The molecule has 0 saturated heterocycles. The Morgan fingerprint density at radius 2 is 1.80 bits per heavy atom. The van der Waals surface area contributed by atoms with Gasteiger partial charge < -0.3 is 19.0 Å². The van der Waals surface area contributed by atoms with Crippen molar-refractivity contribution in [2.45, 2.75) is 26.9 Å². The van der Waals surface area contributed by atoms with E-state index in [4.69, 9.17) is 13.9 Å². The summed E-state index contributed by atoms with van der Waals surface area (Å²) >= 11 is 0. The molecule has 0 amide bonds. The van der Waals surface area contributed by atoms with E-state index in [-0.39, 0.29) is 0 Å². The van der Waals surface area contributed by atoms with E-state index < -0.39 is 6.10 Å². The van der Waals surface area contributed by atoms with Crippen LogP contribution in [0.25, 0.3) is 0 Å². The lowest BCUT2D eigenvalue weighted by molar-refractivity contribution is 0.187. The van der Waals surface area contributed by atoms with Gasteiger partial charge in [-0.15, -0.1) is 0 Å². The molecule has 1 heterocycles. The SMILES string of the molecule is CCOc1ccc(C(O)c2occc2C)cc1OCC. The van der Waals surface area contributed by atoms with E-state index >= 15 is 0 Å². The molecule has 1 unspecified atom stereocenters. The van der Waals surface area contributed by atoms with Crippen molar-refractivity contribution in [3.63, 3.8) is 0 Å². The Morgan fingerprint density at radius 1 is 1.10 bits per heavy atom. The first-order chi connectivity index (χ1) is 9.67. The van der Waals surface area contributed by atoms with Gasteiger partial charge in [0.25, 0.3) is 0 Å². The van der Waals surface area contributed by atoms with Gasteiger partial charge in [-0.05, 0) is 50.1 Å². The first kappa shape index (κ1) is 14.5. The molecule has 0 aliphatic heterocycles. The first-order valence-corrected chi connectivity index (χ1v) is 6.79. The van der Waals surface area contributed by atoms with Crippen molar-refractivity contribution < 1.29 is 19.0 Å². The second kappa shape index (κ2) is 6.48. The van der Waals surface area contributed by atoms with Gasteiger partial charge in [-0.1, -0.05) is 6.07 Å². The molecule has 0 spiro atoms. The van der Waals surface area contributed by atoms with Crippen molar-refractivity contribution in [2.24, 2.45) is 0 Å². The van der Waals surface area contributed by atoms with Crippen LogP contribution in [0, 0.1) is 6.92 Å². The number of aryl methyl sites for hydroxylation is 1. The molecule has 0 saturated carbocycles. The largest absolute Gasteiger partial charge is 0.490 e. The monoisotopic (exact) mass is 276 g/mol. The standard InChI is InChI=1S/C16H20O4/c1-4-18-13-7-6-12(10-14(13)19-5-2)15(17)16-11(3)8-9-20-16/h6-10,15,17H,4-5H2,1-3H3. The molecule has 1 aromatic heterocycles. The molecule has 2 aromatic rings. The van der Waals surface area contributed by atoms with Crippen molar-refractivity contribution in [2.75, 3.05) is 13.2 Å². The van der Waals surface area contributed by atoms with Gasteiger partial charge in [0, 0.05) is 0 Å². The van der Waals surface area contributed by atoms with E-state index in [1.54, 1.807) is 12.3 Å². The fourth-order valence-electron chi connectivity index (χ4n) is 2.05. The molecule has 0 radical (unpaired) electrons. The van der Waals surface area contributed by atoms with E-state index in [0.717, 1.165) is 11.1 Å². The van der Waals surface area contributed by atoms with E-state index in [1.165, 1.54) is 0 Å². The van der Waals surface area contributed by atoms with Crippen LogP contribution in [0.15, 0.2) is 34.9 Å². The third-order valence-corrected chi connectivity index (χ3v) is 3.03. The molecule has 108 valence electrons. The molecule has 1 aromatic carbocycles. The van der Waals surface area contributed by atoms with Gasteiger partial charge in [-0.25, -0.2) is 0 Å². The normalized spacial score (nSPS) is 12.2. The van der Waals surface area contributed by atoms with Crippen LogP contribution in [0.4, 0.5) is 0 Å². The van der Waals surface area contributed by atoms with Gasteiger partial charge in [-0.2, -0.15) is 0 Å². The van der Waals surface area contributed by atoms with E-state index in [2.05, 4.69) is 0 Å². The Balaban J connectivity index is 2.32. The van der Waals surface area contributed by atoms with Gasteiger partial charge in [0.05, 0.1) is 19.5 Å². The van der Waals surface area contributed by atoms with Crippen LogP contribution >= 0.6 is 0 Å². The summed E-state index contributed by atoms with van der Waals surface area (Å²) in [6, 6.07) is 7.25. The summed E-state index contributed by atoms with van der Waals surface area (Å²) in [6.07, 6.45) is 0.770. The Kier molecular flexibility index (Phi) is 4.69. The van der Waals surface area contributed by atoms with Crippen LogP contribution in [0.1, 0.15) is 36.8 Å². The molecule has 4 heteroatoms. The number of hydrogen-bond donors (Lipinski definition) is 1. The maximum atomic E-state index is 10.4. The third-order valence-electron chi connectivity index (χ3n) is 3.03. The number of rotatable bonds is 6. The second-order valence-electron chi connectivity index (χ2n) is 4.44. The average molecular weight is 276 g/mol. The molecule has 0 aliphatic carbocycles.